The second kappa shape index (κ2) is 5.02. The highest BCUT2D eigenvalue weighted by atomic mass is 32.1. The molecule has 0 atom stereocenters. The minimum atomic E-state index is -0.196. The van der Waals surface area contributed by atoms with Crippen LogP contribution in [0.25, 0.3) is 4.96 Å². The first-order chi connectivity index (χ1) is 9.31. The number of imidazole rings is 1. The van der Waals surface area contributed by atoms with Crippen LogP contribution in [0.2, 0.25) is 0 Å². The van der Waals surface area contributed by atoms with E-state index in [1.807, 2.05) is 22.2 Å². The van der Waals surface area contributed by atoms with E-state index < -0.39 is 0 Å². The van der Waals surface area contributed by atoms with Gasteiger partial charge in [-0.25, -0.2) is 15.0 Å². The lowest BCUT2D eigenvalue weighted by molar-refractivity contribution is -0.120. The monoisotopic (exact) mass is 274 g/mol. The largest absolute Gasteiger partial charge is 0.297 e. The number of rotatable bonds is 4. The fraction of sp³-hybridized carbons (Fsp3) is 0.0909. The Labute approximate surface area is 112 Å². The predicted octanol–water partition coefficient (Wildman–Crippen LogP) is 0.872. The van der Waals surface area contributed by atoms with E-state index in [1.54, 1.807) is 18.5 Å². The number of nitrogens with zero attached hydrogens (tertiary/aromatic N) is 4. The average Bonchev–Trinajstić information content (AvgIpc) is 2.98. The fourth-order valence-corrected chi connectivity index (χ4v) is 2.28. The number of carbonyl (C=O) groups excluding carboxylic acids is 1. The first-order valence-corrected chi connectivity index (χ1v) is 6.42. The lowest BCUT2D eigenvalue weighted by Gasteiger charge is -2.04. The number of hydrogen-bond donors (Lipinski definition) is 2. The standard InChI is InChI=1S/C11H10N6OS/c18-9(15-16-10-12-2-1-3-13-10)6-8-7-17-4-5-19-11(17)14-8/h1-5,7H,6H2,(H,15,18)(H,12,13,16). The summed E-state index contributed by atoms with van der Waals surface area (Å²) in [4.78, 5) is 24.8. The zero-order chi connectivity index (χ0) is 13.1. The number of fused-ring (bicyclic) bond motifs is 1. The van der Waals surface area contributed by atoms with E-state index >= 15 is 0 Å². The summed E-state index contributed by atoms with van der Waals surface area (Å²) in [5, 5.41) is 1.94. The normalized spacial score (nSPS) is 10.5. The molecule has 3 heterocycles. The van der Waals surface area contributed by atoms with Gasteiger partial charge in [-0.05, 0) is 6.07 Å². The lowest BCUT2D eigenvalue weighted by Crippen LogP contribution is -2.31. The Hall–Kier alpha value is -2.48. The van der Waals surface area contributed by atoms with E-state index in [0.717, 1.165) is 10.7 Å². The van der Waals surface area contributed by atoms with E-state index in [0.29, 0.717) is 5.95 Å². The molecule has 0 unspecified atom stereocenters. The summed E-state index contributed by atoms with van der Waals surface area (Å²) in [6.45, 7) is 0. The molecule has 0 bridgehead atoms. The van der Waals surface area contributed by atoms with Crippen LogP contribution in [0, 0.1) is 0 Å². The van der Waals surface area contributed by atoms with Crippen LogP contribution in [0.5, 0.6) is 0 Å². The van der Waals surface area contributed by atoms with Crippen LogP contribution in [0.4, 0.5) is 5.95 Å². The first kappa shape index (κ1) is 11.6. The molecule has 3 aromatic heterocycles. The number of aromatic nitrogens is 4. The molecule has 0 saturated carbocycles. The predicted molar refractivity (Wildman–Crippen MR) is 70.6 cm³/mol. The van der Waals surface area contributed by atoms with Gasteiger partial charge in [-0.1, -0.05) is 0 Å². The van der Waals surface area contributed by atoms with Crippen LogP contribution in [-0.4, -0.2) is 25.3 Å². The Morgan fingerprint density at radius 1 is 1.37 bits per heavy atom. The molecule has 8 heteroatoms. The Morgan fingerprint density at radius 3 is 3.00 bits per heavy atom. The zero-order valence-electron chi connectivity index (χ0n) is 9.78. The number of hydrazine groups is 1. The van der Waals surface area contributed by atoms with Crippen molar-refractivity contribution >= 4 is 28.2 Å². The summed E-state index contributed by atoms with van der Waals surface area (Å²) in [5.41, 5.74) is 5.89. The molecular formula is C11H10N6OS. The first-order valence-electron chi connectivity index (χ1n) is 5.54. The number of nitrogens with one attached hydrogen (secondary N) is 2. The van der Waals surface area contributed by atoms with E-state index in [9.17, 15) is 4.79 Å². The van der Waals surface area contributed by atoms with Crippen molar-refractivity contribution in [3.05, 3.63) is 41.9 Å². The topological polar surface area (TPSA) is 84.2 Å². The molecule has 3 rings (SSSR count). The van der Waals surface area contributed by atoms with Crippen LogP contribution < -0.4 is 10.9 Å². The Balaban J connectivity index is 1.58. The molecule has 0 aliphatic heterocycles. The average molecular weight is 274 g/mol. The quantitative estimate of drug-likeness (QED) is 0.690. The molecule has 0 aliphatic carbocycles. The maximum Gasteiger partial charge on any atom is 0.244 e. The van der Waals surface area contributed by atoms with Gasteiger partial charge in [0.1, 0.15) is 0 Å². The number of thiazole rings is 1. The molecular weight excluding hydrogens is 264 g/mol. The minimum Gasteiger partial charge on any atom is -0.297 e. The van der Waals surface area contributed by atoms with Gasteiger partial charge in [-0.2, -0.15) is 0 Å². The maximum absolute atomic E-state index is 11.7. The molecule has 96 valence electrons. The van der Waals surface area contributed by atoms with E-state index in [4.69, 9.17) is 0 Å². The number of anilines is 1. The van der Waals surface area contributed by atoms with Gasteiger partial charge < -0.3 is 0 Å². The highest BCUT2D eigenvalue weighted by Gasteiger charge is 2.08. The van der Waals surface area contributed by atoms with Crippen LogP contribution in [0.1, 0.15) is 5.69 Å². The molecule has 0 radical (unpaired) electrons. The molecule has 2 N–H and O–H groups in total. The molecule has 0 fully saturated rings. The summed E-state index contributed by atoms with van der Waals surface area (Å²) in [6.07, 6.45) is 7.12. The summed E-state index contributed by atoms with van der Waals surface area (Å²) in [7, 11) is 0. The van der Waals surface area contributed by atoms with Crippen molar-refractivity contribution in [2.24, 2.45) is 0 Å². The minimum absolute atomic E-state index is 0.196. The van der Waals surface area contributed by atoms with Gasteiger partial charge in [0.05, 0.1) is 12.1 Å². The van der Waals surface area contributed by atoms with E-state index in [1.165, 1.54) is 11.3 Å². The number of hydrogen-bond acceptors (Lipinski definition) is 6. The molecule has 0 spiro atoms. The van der Waals surface area contributed by atoms with Crippen molar-refractivity contribution < 1.29 is 4.79 Å². The molecule has 0 aliphatic rings. The van der Waals surface area contributed by atoms with E-state index in [2.05, 4.69) is 25.8 Å². The Morgan fingerprint density at radius 2 is 2.21 bits per heavy atom. The van der Waals surface area contributed by atoms with Crippen molar-refractivity contribution in [2.45, 2.75) is 6.42 Å². The third kappa shape index (κ3) is 2.68. The molecule has 3 aromatic rings. The zero-order valence-corrected chi connectivity index (χ0v) is 10.6. The van der Waals surface area contributed by atoms with Crippen LogP contribution in [-0.2, 0) is 11.2 Å². The van der Waals surface area contributed by atoms with Crippen LogP contribution >= 0.6 is 11.3 Å². The van der Waals surface area contributed by atoms with Crippen molar-refractivity contribution in [1.29, 1.82) is 0 Å². The number of carbonyl (C=O) groups is 1. The smallest absolute Gasteiger partial charge is 0.244 e. The van der Waals surface area contributed by atoms with Crippen molar-refractivity contribution in [1.82, 2.24) is 24.8 Å². The third-order valence-corrected chi connectivity index (χ3v) is 3.14. The number of amides is 1. The molecule has 7 nitrogen and oxygen atoms in total. The van der Waals surface area contributed by atoms with Gasteiger partial charge in [0.2, 0.25) is 11.9 Å². The van der Waals surface area contributed by atoms with Gasteiger partial charge in [-0.3, -0.25) is 20.0 Å². The summed E-state index contributed by atoms with van der Waals surface area (Å²) < 4.78 is 1.89. The van der Waals surface area contributed by atoms with Gasteiger partial charge in [0, 0.05) is 30.2 Å². The van der Waals surface area contributed by atoms with Gasteiger partial charge in [-0.15, -0.1) is 11.3 Å². The summed E-state index contributed by atoms with van der Waals surface area (Å²) in [6, 6.07) is 1.70. The van der Waals surface area contributed by atoms with Gasteiger partial charge >= 0.3 is 0 Å². The molecule has 1 amide bonds. The van der Waals surface area contributed by atoms with Crippen molar-refractivity contribution in [3.63, 3.8) is 0 Å². The fourth-order valence-electron chi connectivity index (χ4n) is 1.56. The van der Waals surface area contributed by atoms with Crippen LogP contribution in [0.15, 0.2) is 36.2 Å². The third-order valence-electron chi connectivity index (χ3n) is 2.36. The van der Waals surface area contributed by atoms with Crippen molar-refractivity contribution in [2.75, 3.05) is 5.43 Å². The SMILES string of the molecule is O=C(Cc1cn2ccsc2n1)NNc1ncccn1. The van der Waals surface area contributed by atoms with Gasteiger partial charge in [0.15, 0.2) is 4.96 Å². The highest BCUT2D eigenvalue weighted by Crippen LogP contribution is 2.11. The molecule has 0 aromatic carbocycles. The highest BCUT2D eigenvalue weighted by molar-refractivity contribution is 7.15. The van der Waals surface area contributed by atoms with Gasteiger partial charge in [0.25, 0.3) is 0 Å². The Bertz CT molecular complexity index is 663. The molecule has 0 saturated heterocycles. The van der Waals surface area contributed by atoms with Crippen LogP contribution in [0.3, 0.4) is 0 Å². The Kier molecular flexibility index (Phi) is 3.07. The van der Waals surface area contributed by atoms with Crippen molar-refractivity contribution in [3.8, 4) is 0 Å². The van der Waals surface area contributed by atoms with E-state index in [-0.39, 0.29) is 12.3 Å². The second-order valence-corrected chi connectivity index (χ2v) is 4.62. The maximum atomic E-state index is 11.7. The second-order valence-electron chi connectivity index (χ2n) is 3.75. The summed E-state index contributed by atoms with van der Waals surface area (Å²) >= 11 is 1.53. The lowest BCUT2D eigenvalue weighted by atomic mass is 10.3. The summed E-state index contributed by atoms with van der Waals surface area (Å²) in [5.74, 6) is 0.153. The molecule has 19 heavy (non-hydrogen) atoms.